The molecule has 1 heterocycles. The number of hydrogen-bond acceptors (Lipinski definition) is 3. The van der Waals surface area contributed by atoms with Crippen LogP contribution >= 0.6 is 15.9 Å². The van der Waals surface area contributed by atoms with Crippen LogP contribution in [0.15, 0.2) is 29.1 Å². The van der Waals surface area contributed by atoms with Crippen LogP contribution in [0.3, 0.4) is 0 Å². The normalized spacial score (nSPS) is 10.4. The van der Waals surface area contributed by atoms with E-state index in [0.29, 0.717) is 6.42 Å². The van der Waals surface area contributed by atoms with E-state index in [2.05, 4.69) is 20.9 Å². The van der Waals surface area contributed by atoms with E-state index in [1.165, 1.54) is 0 Å². The molecule has 2 aromatic rings. The van der Waals surface area contributed by atoms with Gasteiger partial charge in [0.2, 0.25) is 0 Å². The van der Waals surface area contributed by atoms with Crippen LogP contribution in [0.2, 0.25) is 0 Å². The first-order chi connectivity index (χ1) is 8.65. The summed E-state index contributed by atoms with van der Waals surface area (Å²) < 4.78 is 13.5. The second-order valence-corrected chi connectivity index (χ2v) is 4.70. The second kappa shape index (κ2) is 5.44. The number of benzene rings is 1. The van der Waals surface area contributed by atoms with Gasteiger partial charge in [-0.2, -0.15) is 0 Å². The van der Waals surface area contributed by atoms with Gasteiger partial charge in [-0.3, -0.25) is 0 Å². The van der Waals surface area contributed by atoms with Gasteiger partial charge in [0.1, 0.15) is 16.1 Å². The summed E-state index contributed by atoms with van der Waals surface area (Å²) in [7, 11) is 5.25. The van der Waals surface area contributed by atoms with Crippen molar-refractivity contribution in [2.75, 3.05) is 14.2 Å². The number of methoxy groups -OCH3 is 2. The van der Waals surface area contributed by atoms with Crippen LogP contribution in [-0.4, -0.2) is 23.8 Å². The monoisotopic (exact) mass is 310 g/mol. The molecule has 0 aliphatic rings. The van der Waals surface area contributed by atoms with E-state index in [1.54, 1.807) is 20.5 Å². The Labute approximate surface area is 115 Å². The maximum atomic E-state index is 5.38. The van der Waals surface area contributed by atoms with Gasteiger partial charge in [0.15, 0.2) is 0 Å². The van der Waals surface area contributed by atoms with E-state index in [-0.39, 0.29) is 0 Å². The number of rotatable bonds is 4. The number of hydrogen-bond donors (Lipinski definition) is 0. The molecule has 96 valence electrons. The quantitative estimate of drug-likeness (QED) is 0.871. The number of aromatic nitrogens is 2. The molecule has 0 radical (unpaired) electrons. The fourth-order valence-electron chi connectivity index (χ4n) is 1.76. The molecular formula is C13H15BrN2O2. The molecule has 1 aromatic carbocycles. The van der Waals surface area contributed by atoms with Crippen molar-refractivity contribution in [1.29, 1.82) is 0 Å². The summed E-state index contributed by atoms with van der Waals surface area (Å²) in [6.45, 7) is 0. The minimum absolute atomic E-state index is 0.717. The predicted octanol–water partition coefficient (Wildman–Crippen LogP) is 2.79. The zero-order valence-corrected chi connectivity index (χ0v) is 12.2. The van der Waals surface area contributed by atoms with Gasteiger partial charge in [0, 0.05) is 25.1 Å². The van der Waals surface area contributed by atoms with E-state index in [1.807, 2.05) is 29.8 Å². The van der Waals surface area contributed by atoms with E-state index < -0.39 is 0 Å². The first-order valence-corrected chi connectivity index (χ1v) is 6.31. The molecule has 0 aliphatic heterocycles. The molecule has 0 N–H and O–H groups in total. The highest BCUT2D eigenvalue weighted by Gasteiger charge is 2.11. The fourth-order valence-corrected chi connectivity index (χ4v) is 2.09. The van der Waals surface area contributed by atoms with E-state index in [9.17, 15) is 0 Å². The number of ether oxygens (including phenoxy) is 2. The number of halogens is 1. The van der Waals surface area contributed by atoms with Crippen molar-refractivity contribution in [3.8, 4) is 11.5 Å². The molecule has 1 aromatic heterocycles. The van der Waals surface area contributed by atoms with Gasteiger partial charge in [-0.25, -0.2) is 4.98 Å². The third kappa shape index (κ3) is 2.51. The second-order valence-electron chi connectivity index (χ2n) is 3.95. The lowest BCUT2D eigenvalue weighted by Gasteiger charge is -2.09. The summed E-state index contributed by atoms with van der Waals surface area (Å²) in [5.74, 6) is 1.60. The minimum atomic E-state index is 0.717. The van der Waals surface area contributed by atoms with Crippen molar-refractivity contribution in [2.24, 2.45) is 7.05 Å². The van der Waals surface area contributed by atoms with E-state index in [4.69, 9.17) is 9.47 Å². The highest BCUT2D eigenvalue weighted by Crippen LogP contribution is 2.28. The summed E-state index contributed by atoms with van der Waals surface area (Å²) in [6, 6.07) is 5.81. The van der Waals surface area contributed by atoms with Gasteiger partial charge >= 0.3 is 0 Å². The summed E-state index contributed by atoms with van der Waals surface area (Å²) in [5, 5.41) is 0. The molecule has 5 heteroatoms. The summed E-state index contributed by atoms with van der Waals surface area (Å²) in [6.07, 6.45) is 2.50. The number of aryl methyl sites for hydroxylation is 1. The Morgan fingerprint density at radius 1 is 1.28 bits per heavy atom. The van der Waals surface area contributed by atoms with Crippen LogP contribution in [0.25, 0.3) is 0 Å². The van der Waals surface area contributed by atoms with E-state index >= 15 is 0 Å². The Morgan fingerprint density at radius 2 is 2.06 bits per heavy atom. The van der Waals surface area contributed by atoms with Crippen molar-refractivity contribution < 1.29 is 9.47 Å². The molecular weight excluding hydrogens is 296 g/mol. The molecule has 0 fully saturated rings. The van der Waals surface area contributed by atoms with Crippen molar-refractivity contribution >= 4 is 15.9 Å². The number of nitrogens with zero attached hydrogens (tertiary/aromatic N) is 2. The van der Waals surface area contributed by atoms with Gasteiger partial charge in [0.05, 0.1) is 26.2 Å². The first-order valence-electron chi connectivity index (χ1n) is 5.52. The summed E-state index contributed by atoms with van der Waals surface area (Å²) in [5.41, 5.74) is 2.07. The Morgan fingerprint density at radius 3 is 2.61 bits per heavy atom. The van der Waals surface area contributed by atoms with Crippen LogP contribution in [0.4, 0.5) is 0 Å². The molecule has 0 spiro atoms. The van der Waals surface area contributed by atoms with Gasteiger partial charge in [0.25, 0.3) is 0 Å². The summed E-state index contributed by atoms with van der Waals surface area (Å²) in [4.78, 5) is 4.36. The number of imidazole rings is 1. The molecule has 2 rings (SSSR count). The lowest BCUT2D eigenvalue weighted by Crippen LogP contribution is -1.96. The first kappa shape index (κ1) is 13.0. The SMILES string of the molecule is COc1ccc(Cc2ncn(C)c2Br)c(OC)c1. The molecule has 0 bridgehead atoms. The van der Waals surface area contributed by atoms with Crippen LogP contribution < -0.4 is 9.47 Å². The molecule has 0 aliphatic carbocycles. The van der Waals surface area contributed by atoms with Crippen molar-refractivity contribution in [2.45, 2.75) is 6.42 Å². The van der Waals surface area contributed by atoms with Crippen LogP contribution in [-0.2, 0) is 13.5 Å². The molecule has 0 amide bonds. The standard InChI is InChI=1S/C13H15BrN2O2/c1-16-8-15-11(13(16)14)6-9-4-5-10(17-2)7-12(9)18-3/h4-5,7-8H,6H2,1-3H3. The van der Waals surface area contributed by atoms with Crippen molar-refractivity contribution in [3.05, 3.63) is 40.4 Å². The molecule has 4 nitrogen and oxygen atoms in total. The largest absolute Gasteiger partial charge is 0.497 e. The maximum absolute atomic E-state index is 5.38. The molecule has 0 saturated heterocycles. The van der Waals surface area contributed by atoms with Gasteiger partial charge in [-0.05, 0) is 22.0 Å². The third-order valence-electron chi connectivity index (χ3n) is 2.79. The molecule has 0 unspecified atom stereocenters. The average Bonchev–Trinajstić information content (AvgIpc) is 2.71. The molecule has 18 heavy (non-hydrogen) atoms. The Balaban J connectivity index is 2.31. The topological polar surface area (TPSA) is 36.3 Å². The zero-order valence-electron chi connectivity index (χ0n) is 10.6. The van der Waals surface area contributed by atoms with E-state index in [0.717, 1.165) is 27.4 Å². The van der Waals surface area contributed by atoms with Crippen LogP contribution in [0.5, 0.6) is 11.5 Å². The zero-order chi connectivity index (χ0) is 13.1. The Bertz CT molecular complexity index is 552. The fraction of sp³-hybridized carbons (Fsp3) is 0.308. The van der Waals surface area contributed by atoms with Crippen LogP contribution in [0, 0.1) is 0 Å². The maximum Gasteiger partial charge on any atom is 0.126 e. The van der Waals surface area contributed by atoms with Crippen LogP contribution in [0.1, 0.15) is 11.3 Å². The van der Waals surface area contributed by atoms with Gasteiger partial charge in [-0.15, -0.1) is 0 Å². The Kier molecular flexibility index (Phi) is 3.91. The third-order valence-corrected chi connectivity index (χ3v) is 3.80. The minimum Gasteiger partial charge on any atom is -0.497 e. The van der Waals surface area contributed by atoms with Crippen molar-refractivity contribution in [3.63, 3.8) is 0 Å². The molecule has 0 atom stereocenters. The Hall–Kier alpha value is -1.49. The predicted molar refractivity (Wildman–Crippen MR) is 73.3 cm³/mol. The lowest BCUT2D eigenvalue weighted by atomic mass is 10.1. The highest BCUT2D eigenvalue weighted by molar-refractivity contribution is 9.10. The smallest absolute Gasteiger partial charge is 0.126 e. The molecule has 0 saturated carbocycles. The highest BCUT2D eigenvalue weighted by atomic mass is 79.9. The van der Waals surface area contributed by atoms with Gasteiger partial charge < -0.3 is 14.0 Å². The summed E-state index contributed by atoms with van der Waals surface area (Å²) >= 11 is 3.52. The van der Waals surface area contributed by atoms with Crippen molar-refractivity contribution in [1.82, 2.24) is 9.55 Å². The lowest BCUT2D eigenvalue weighted by molar-refractivity contribution is 0.391. The van der Waals surface area contributed by atoms with Gasteiger partial charge in [-0.1, -0.05) is 6.07 Å². The average molecular weight is 311 g/mol.